The van der Waals surface area contributed by atoms with Crippen molar-refractivity contribution in [3.05, 3.63) is 32.6 Å². The van der Waals surface area contributed by atoms with E-state index in [1.165, 1.54) is 7.05 Å². The highest BCUT2D eigenvalue weighted by atomic mass is 16.3. The molecule has 0 fully saturated rings. The van der Waals surface area contributed by atoms with Crippen molar-refractivity contribution in [1.82, 2.24) is 13.7 Å². The number of hydrogen-bond donors (Lipinski definition) is 1. The van der Waals surface area contributed by atoms with Gasteiger partial charge in [-0.3, -0.25) is 13.9 Å². The standard InChI is InChI=1S/C15H23N3O3/c1-10-9-16(3)13-12(10)14(20)18(15(21)17(13)4)8-6-5-7-11(2)19/h9,11,19H,5-8H2,1-4H3/i1D3,2D3,3D3,7D2. The van der Waals surface area contributed by atoms with Gasteiger partial charge in [0.2, 0.25) is 0 Å². The minimum atomic E-state index is -2.97. The summed E-state index contributed by atoms with van der Waals surface area (Å²) in [5.41, 5.74) is -2.96. The fourth-order valence-electron chi connectivity index (χ4n) is 2.20. The third-order valence-corrected chi connectivity index (χ3v) is 3.17. The molecule has 2 heterocycles. The number of aliphatic hydroxyl groups is 1. The minimum absolute atomic E-state index is 0.232. The van der Waals surface area contributed by atoms with Gasteiger partial charge in [0.05, 0.1) is 11.5 Å². The van der Waals surface area contributed by atoms with E-state index >= 15 is 0 Å². The Morgan fingerprint density at radius 3 is 2.90 bits per heavy atom. The van der Waals surface area contributed by atoms with Crippen molar-refractivity contribution in [2.24, 2.45) is 14.0 Å². The van der Waals surface area contributed by atoms with Gasteiger partial charge < -0.3 is 9.67 Å². The van der Waals surface area contributed by atoms with Crippen LogP contribution in [0.4, 0.5) is 0 Å². The monoisotopic (exact) mass is 304 g/mol. The van der Waals surface area contributed by atoms with Crippen LogP contribution in [-0.2, 0) is 20.6 Å². The average Bonchev–Trinajstić information content (AvgIpc) is 3.03. The first-order valence-electron chi connectivity index (χ1n) is 11.7. The van der Waals surface area contributed by atoms with Gasteiger partial charge in [-0.05, 0) is 38.5 Å². The lowest BCUT2D eigenvalue weighted by Crippen LogP contribution is -2.39. The molecular weight excluding hydrogens is 270 g/mol. The van der Waals surface area contributed by atoms with E-state index in [2.05, 4.69) is 0 Å². The number of rotatable bonds is 5. The Bertz CT molecular complexity index is 1120. The Kier molecular flexibility index (Phi) is 1.83. The molecule has 1 unspecified atom stereocenters. The van der Waals surface area contributed by atoms with E-state index in [0.29, 0.717) is 9.13 Å². The van der Waals surface area contributed by atoms with Gasteiger partial charge in [-0.2, -0.15) is 0 Å². The van der Waals surface area contributed by atoms with Gasteiger partial charge in [0.25, 0.3) is 5.56 Å². The summed E-state index contributed by atoms with van der Waals surface area (Å²) in [7, 11) is 1.17. The molecule has 21 heavy (non-hydrogen) atoms. The molecule has 0 saturated carbocycles. The third kappa shape index (κ3) is 2.81. The average molecular weight is 304 g/mol. The molecule has 0 bridgehead atoms. The molecule has 6 heteroatoms. The SMILES string of the molecule is [2H]C([2H])([2H])c1cn(C([2H])([2H])[2H])c2c1c(=O)n(CCCC([2H])([2H])C(O)C([2H])([2H])[2H])c(=O)n2C. The lowest BCUT2D eigenvalue weighted by atomic mass is 10.2. The predicted molar refractivity (Wildman–Crippen MR) is 82.7 cm³/mol. The predicted octanol–water partition coefficient (Wildman–Crippen LogP) is 0.898. The second kappa shape index (κ2) is 5.89. The summed E-state index contributed by atoms with van der Waals surface area (Å²) in [4.78, 5) is 25.8. The van der Waals surface area contributed by atoms with Crippen LogP contribution in [0.15, 0.2) is 15.8 Å². The molecule has 6 nitrogen and oxygen atoms in total. The van der Waals surface area contributed by atoms with Crippen LogP contribution < -0.4 is 11.2 Å². The van der Waals surface area contributed by atoms with Crippen molar-refractivity contribution >= 4 is 11.0 Å². The van der Waals surface area contributed by atoms with Crippen LogP contribution in [0.3, 0.4) is 0 Å². The smallest absolute Gasteiger partial charge is 0.332 e. The molecule has 2 rings (SSSR count). The van der Waals surface area contributed by atoms with Crippen molar-refractivity contribution in [3.63, 3.8) is 0 Å². The van der Waals surface area contributed by atoms with Gasteiger partial charge in [0.1, 0.15) is 5.65 Å². The molecule has 0 spiro atoms. The van der Waals surface area contributed by atoms with Gasteiger partial charge in [-0.1, -0.05) is 0 Å². The van der Waals surface area contributed by atoms with Crippen LogP contribution in [-0.4, -0.2) is 24.9 Å². The molecule has 2 aromatic rings. The van der Waals surface area contributed by atoms with E-state index in [9.17, 15) is 14.7 Å². The largest absolute Gasteiger partial charge is 0.393 e. The van der Waals surface area contributed by atoms with E-state index in [1.54, 1.807) is 0 Å². The van der Waals surface area contributed by atoms with Crippen molar-refractivity contribution in [2.45, 2.75) is 45.6 Å². The molecule has 116 valence electrons. The number of nitrogens with zero attached hydrogens (tertiary/aromatic N) is 3. The van der Waals surface area contributed by atoms with Crippen LogP contribution >= 0.6 is 0 Å². The van der Waals surface area contributed by atoms with Crippen molar-refractivity contribution in [2.75, 3.05) is 0 Å². The Labute approximate surface area is 138 Å². The molecule has 1 atom stereocenters. The summed E-state index contributed by atoms with van der Waals surface area (Å²) in [6.45, 7) is -9.10. The van der Waals surface area contributed by atoms with Crippen LogP contribution in [0.25, 0.3) is 11.0 Å². The number of aromatic nitrogens is 3. The fraction of sp³-hybridized carbons (Fsp3) is 0.600. The highest BCUT2D eigenvalue weighted by Crippen LogP contribution is 2.14. The molecule has 0 amide bonds. The first-order chi connectivity index (χ1) is 14.2. The number of aryl methyl sites for hydroxylation is 3. The highest BCUT2D eigenvalue weighted by molar-refractivity contribution is 5.79. The Balaban J connectivity index is 2.59. The van der Waals surface area contributed by atoms with Crippen LogP contribution in [0.5, 0.6) is 0 Å². The lowest BCUT2D eigenvalue weighted by Gasteiger charge is -2.10. The first-order valence-corrected chi connectivity index (χ1v) is 6.25. The third-order valence-electron chi connectivity index (χ3n) is 3.17. The molecule has 0 aliphatic rings. The van der Waals surface area contributed by atoms with Crippen molar-refractivity contribution in [3.8, 4) is 0 Å². The topological polar surface area (TPSA) is 69.2 Å². The second-order valence-corrected chi connectivity index (χ2v) is 4.62. The Hall–Kier alpha value is -1.82. The maximum atomic E-state index is 13.0. The van der Waals surface area contributed by atoms with Gasteiger partial charge in [0, 0.05) is 41.8 Å². The molecule has 0 aliphatic carbocycles. The summed E-state index contributed by atoms with van der Waals surface area (Å²) in [5, 5.41) is 9.24. The quantitative estimate of drug-likeness (QED) is 0.892. The summed E-state index contributed by atoms with van der Waals surface area (Å²) < 4.78 is 84.8. The van der Waals surface area contributed by atoms with Gasteiger partial charge in [-0.25, -0.2) is 4.79 Å². The van der Waals surface area contributed by atoms with Gasteiger partial charge in [-0.15, -0.1) is 0 Å². The molecule has 0 saturated heterocycles. The number of fused-ring (bicyclic) bond motifs is 1. The molecule has 1 N–H and O–H groups in total. The minimum Gasteiger partial charge on any atom is -0.393 e. The number of hydrogen-bond acceptors (Lipinski definition) is 3. The van der Waals surface area contributed by atoms with Crippen LogP contribution in [0, 0.1) is 6.85 Å². The van der Waals surface area contributed by atoms with E-state index in [4.69, 9.17) is 15.1 Å². The zero-order chi connectivity index (χ0) is 25.0. The zero-order valence-electron chi connectivity index (χ0n) is 22.4. The molecule has 0 aliphatic heterocycles. The summed E-state index contributed by atoms with van der Waals surface area (Å²) >= 11 is 0. The highest BCUT2D eigenvalue weighted by Gasteiger charge is 2.15. The maximum absolute atomic E-state index is 13.0. The normalized spacial score (nSPS) is 23.2. The van der Waals surface area contributed by atoms with Crippen molar-refractivity contribution < 1.29 is 20.2 Å². The second-order valence-electron chi connectivity index (χ2n) is 4.62. The first kappa shape index (κ1) is 6.52. The lowest BCUT2D eigenvalue weighted by molar-refractivity contribution is 0.180. The summed E-state index contributed by atoms with van der Waals surface area (Å²) in [5.74, 6) is 0. The summed E-state index contributed by atoms with van der Waals surface area (Å²) in [6.07, 6.45) is -4.78. The van der Waals surface area contributed by atoms with Gasteiger partial charge in [0.15, 0.2) is 0 Å². The van der Waals surface area contributed by atoms with E-state index in [0.717, 1.165) is 10.8 Å². The molecule has 0 aromatic carbocycles. The Morgan fingerprint density at radius 2 is 2.24 bits per heavy atom. The van der Waals surface area contributed by atoms with Crippen LogP contribution in [0.1, 0.15) is 46.7 Å². The van der Waals surface area contributed by atoms with Gasteiger partial charge >= 0.3 is 5.69 Å². The van der Waals surface area contributed by atoms with Crippen LogP contribution in [0.2, 0.25) is 0 Å². The fourth-order valence-corrected chi connectivity index (χ4v) is 2.20. The molecule has 2 aromatic heterocycles. The number of aliphatic hydroxyl groups excluding tert-OH is 1. The Morgan fingerprint density at radius 1 is 1.43 bits per heavy atom. The zero-order valence-corrected chi connectivity index (χ0v) is 11.4. The van der Waals surface area contributed by atoms with E-state index in [-0.39, 0.29) is 6.42 Å². The molecule has 0 radical (unpaired) electrons. The van der Waals surface area contributed by atoms with E-state index in [1.807, 2.05) is 0 Å². The summed E-state index contributed by atoms with van der Waals surface area (Å²) in [6, 6.07) is 0. The van der Waals surface area contributed by atoms with E-state index < -0.39 is 74.0 Å². The maximum Gasteiger partial charge on any atom is 0.332 e. The van der Waals surface area contributed by atoms with Crippen molar-refractivity contribution in [1.29, 1.82) is 0 Å². The molecular formula is C15H23N3O3.